The maximum atomic E-state index is 10.6. The molecule has 0 heterocycles. The Kier molecular flexibility index (Phi) is 14.4. The fraction of sp³-hybridized carbons (Fsp3) is 0.106. The van der Waals surface area contributed by atoms with Gasteiger partial charge in [0.1, 0.15) is 5.75 Å². The summed E-state index contributed by atoms with van der Waals surface area (Å²) < 4.78 is 10.6. The van der Waals surface area contributed by atoms with Crippen molar-refractivity contribution in [3.05, 3.63) is 527 Å². The van der Waals surface area contributed by atoms with Crippen LogP contribution < -0.4 is 4.74 Å². The Morgan fingerprint density at radius 1 is 0.177 bits per heavy atom. The minimum atomic E-state index is -1.72. The Morgan fingerprint density at radius 3 is 0.790 bits per heavy atom. The fourth-order valence-corrected chi connectivity index (χ4v) is 26.8. The first-order valence-corrected chi connectivity index (χ1v) is 44.8. The summed E-state index contributed by atoms with van der Waals surface area (Å²) in [6.07, 6.45) is 6.43. The van der Waals surface area contributed by atoms with Crippen LogP contribution in [0.25, 0.3) is 111 Å². The van der Waals surface area contributed by atoms with Gasteiger partial charge in [-0.05, 0) is 297 Å². The van der Waals surface area contributed by atoms with Crippen LogP contribution in [0.5, 0.6) is 5.75 Å². The van der Waals surface area contributed by atoms with Gasteiger partial charge in [-0.3, -0.25) is 0 Å². The average molecular weight is 1580 g/mol. The Hall–Kier alpha value is -14.5. The van der Waals surface area contributed by atoms with Crippen molar-refractivity contribution >= 4 is 11.1 Å². The van der Waals surface area contributed by atoms with E-state index in [1.54, 1.807) is 0 Å². The Morgan fingerprint density at radius 2 is 0.411 bits per heavy atom. The summed E-state index contributed by atoms with van der Waals surface area (Å²) in [5.74, 6) is 0.304. The minimum absolute atomic E-state index is 0.595. The maximum Gasteiger partial charge on any atom is 0.175 e. The fourth-order valence-electron chi connectivity index (χ4n) is 26.8. The van der Waals surface area contributed by atoms with Gasteiger partial charge >= 0.3 is 0 Å². The predicted molar refractivity (Wildman–Crippen MR) is 506 cm³/mol. The molecule has 0 bridgehead atoms. The molecule has 580 valence electrons. The highest BCUT2D eigenvalue weighted by atomic mass is 16.5. The van der Waals surface area contributed by atoms with Crippen LogP contribution >= 0.6 is 0 Å². The van der Waals surface area contributed by atoms with E-state index in [0.29, 0.717) is 25.7 Å². The number of ether oxygens (including phenoxy) is 1. The number of benzene rings is 18. The standard InChI is InChI=1S/C123H82O/c1-10-37-82-73(28-1)64-103-91(82)46-19-55-100(103)118-119(101-56-20-47-92-83-38-11-2-29-74(83)65-104(92)101)121(112-58-22-49-94-85-40-13-4-31-76(85)67-106(94)112,113-59-23-50-95-86-41-14-5-32-77(86)68-107(95)113)122(114-60-24-51-96-87-42-15-6-33-78(87)69-108(96)114,115-61-25-52-97-88-43-16-7-34-79(88)70-109(97)115)123(116-62-26-53-98-89-44-17-8-35-80(89)71-110(98)116,124-117-63-27-54-99-90-45-18-9-36-81(90)72-111(99)117)120(118)102-57-21-48-93-84-39-12-3-30-75(84)66-105(93)102/h1-63,119H,64-72H2. The third-order valence-corrected chi connectivity index (χ3v) is 31.3. The zero-order chi connectivity index (χ0) is 80.8. The molecular weight excluding hydrogens is 1490 g/mol. The Balaban J connectivity index is 0.980. The van der Waals surface area contributed by atoms with E-state index in [0.717, 1.165) is 37.9 Å². The van der Waals surface area contributed by atoms with E-state index in [2.05, 4.69) is 382 Å². The van der Waals surface area contributed by atoms with Crippen LogP contribution in [0.2, 0.25) is 0 Å². The zero-order valence-corrected chi connectivity index (χ0v) is 68.7. The van der Waals surface area contributed by atoms with E-state index in [4.69, 9.17) is 0 Å². The molecule has 2 unspecified atom stereocenters. The molecule has 0 radical (unpaired) electrons. The van der Waals surface area contributed by atoms with Crippen molar-refractivity contribution in [1.29, 1.82) is 0 Å². The second-order valence-electron chi connectivity index (χ2n) is 36.5. The van der Waals surface area contributed by atoms with E-state index >= 15 is 0 Å². The molecule has 0 N–H and O–H groups in total. The van der Waals surface area contributed by atoms with Gasteiger partial charge in [-0.15, -0.1) is 0 Å². The van der Waals surface area contributed by atoms with Gasteiger partial charge in [0, 0.05) is 29.0 Å². The first-order valence-electron chi connectivity index (χ1n) is 44.8. The van der Waals surface area contributed by atoms with Gasteiger partial charge in [-0.25, -0.2) is 0 Å². The Labute approximate surface area is 723 Å². The third-order valence-electron chi connectivity index (χ3n) is 31.3. The first kappa shape index (κ1) is 69.2. The van der Waals surface area contributed by atoms with Crippen LogP contribution in [0.3, 0.4) is 0 Å². The summed E-state index contributed by atoms with van der Waals surface area (Å²) in [6, 6.07) is 154. The molecule has 18 aromatic carbocycles. The molecule has 0 spiro atoms. The molecule has 0 saturated heterocycles. The molecule has 0 aromatic heterocycles. The molecule has 0 aliphatic heterocycles. The van der Waals surface area contributed by atoms with E-state index in [-0.39, 0.29) is 0 Å². The quantitative estimate of drug-likeness (QED) is 0.133. The lowest BCUT2D eigenvalue weighted by Gasteiger charge is -2.69. The summed E-state index contributed by atoms with van der Waals surface area (Å²) in [5.41, 5.74) is 55.4. The summed E-state index contributed by atoms with van der Waals surface area (Å²) >= 11 is 0. The molecule has 10 aliphatic rings. The normalized spacial score (nSPS) is 17.0. The number of fused-ring (bicyclic) bond motifs is 27. The molecule has 2 atom stereocenters. The highest BCUT2D eigenvalue weighted by molar-refractivity contribution is 6.09. The van der Waals surface area contributed by atoms with Gasteiger partial charge in [0.2, 0.25) is 0 Å². The van der Waals surface area contributed by atoms with Gasteiger partial charge in [0.25, 0.3) is 0 Å². The monoisotopic (exact) mass is 1570 g/mol. The van der Waals surface area contributed by atoms with Gasteiger partial charge in [0.15, 0.2) is 5.60 Å². The summed E-state index contributed by atoms with van der Waals surface area (Å²) in [6.45, 7) is 0. The van der Waals surface area contributed by atoms with E-state index in [1.165, 1.54) is 256 Å². The minimum Gasteiger partial charge on any atom is -0.476 e. The molecular formula is C123H82O. The molecule has 10 aliphatic carbocycles. The van der Waals surface area contributed by atoms with E-state index in [9.17, 15) is 4.74 Å². The molecule has 0 saturated carbocycles. The van der Waals surface area contributed by atoms with Gasteiger partial charge in [-0.2, -0.15) is 0 Å². The highest BCUT2D eigenvalue weighted by Crippen LogP contribution is 2.80. The van der Waals surface area contributed by atoms with Gasteiger partial charge < -0.3 is 4.74 Å². The molecule has 0 fully saturated rings. The second-order valence-corrected chi connectivity index (χ2v) is 36.5. The van der Waals surface area contributed by atoms with Crippen LogP contribution in [0.15, 0.2) is 382 Å². The van der Waals surface area contributed by atoms with Crippen molar-refractivity contribution in [2.45, 2.75) is 80.1 Å². The van der Waals surface area contributed by atoms with E-state index < -0.39 is 22.3 Å². The topological polar surface area (TPSA) is 9.23 Å². The SMILES string of the molecule is c1ccc2c(c1)Cc1c(OC3(c4cccc5c4Cc4ccccc4-5)C(c4cccc5c4Cc4ccccc4-5)=C(c4cccc5c4Cc4ccccc4-5)C(c4cccc5c4Cc4ccccc4-5)C(c4cccc5c4Cc4ccccc4-5)(c4cccc5c4Cc4ccccc4-5)C3(c3cccc4c3Cc3ccccc3-4)c3cccc4c3Cc3ccccc3-4)cccc1-2. The molecule has 18 aromatic rings. The van der Waals surface area contributed by atoms with Gasteiger partial charge in [-0.1, -0.05) is 376 Å². The molecule has 0 amide bonds. The van der Waals surface area contributed by atoms with Crippen LogP contribution in [-0.4, -0.2) is 0 Å². The van der Waals surface area contributed by atoms with Crippen LogP contribution in [0.4, 0.5) is 0 Å². The number of hydrogen-bond donors (Lipinski definition) is 0. The lowest BCUT2D eigenvalue weighted by molar-refractivity contribution is 0.00535. The highest BCUT2D eigenvalue weighted by Gasteiger charge is 2.78. The molecule has 1 heteroatoms. The number of allylic oxidation sites excluding steroid dienone is 1. The predicted octanol–water partition coefficient (Wildman–Crippen LogP) is 28.5. The maximum absolute atomic E-state index is 10.6. The van der Waals surface area contributed by atoms with Gasteiger partial charge in [0.05, 0.1) is 10.8 Å². The van der Waals surface area contributed by atoms with Crippen molar-refractivity contribution in [3.63, 3.8) is 0 Å². The molecule has 124 heavy (non-hydrogen) atoms. The van der Waals surface area contributed by atoms with Crippen molar-refractivity contribution in [3.8, 4) is 106 Å². The lowest BCUT2D eigenvalue weighted by Crippen LogP contribution is -2.71. The smallest absolute Gasteiger partial charge is 0.175 e. The number of hydrogen-bond acceptors (Lipinski definition) is 1. The number of rotatable bonds is 10. The first-order chi connectivity index (χ1) is 61.5. The zero-order valence-electron chi connectivity index (χ0n) is 68.7. The van der Waals surface area contributed by atoms with Crippen LogP contribution in [0, 0.1) is 0 Å². The summed E-state index contributed by atoms with van der Waals surface area (Å²) in [7, 11) is 0. The van der Waals surface area contributed by atoms with Crippen molar-refractivity contribution in [1.82, 2.24) is 0 Å². The Bertz CT molecular complexity index is 7640. The van der Waals surface area contributed by atoms with Crippen molar-refractivity contribution in [2.75, 3.05) is 0 Å². The van der Waals surface area contributed by atoms with E-state index in [1.807, 2.05) is 0 Å². The largest absolute Gasteiger partial charge is 0.476 e. The summed E-state index contributed by atoms with van der Waals surface area (Å²) in [4.78, 5) is 0. The van der Waals surface area contributed by atoms with Crippen molar-refractivity contribution < 1.29 is 4.74 Å². The molecule has 28 rings (SSSR count). The summed E-state index contributed by atoms with van der Waals surface area (Å²) in [5, 5.41) is 0. The third kappa shape index (κ3) is 9.03. The average Bonchev–Trinajstić information content (AvgIpc) is 1.02. The van der Waals surface area contributed by atoms with Crippen LogP contribution in [-0.2, 0) is 74.2 Å². The second kappa shape index (κ2) is 25.8. The van der Waals surface area contributed by atoms with Crippen LogP contribution in [0.1, 0.15) is 151 Å². The molecule has 1 nitrogen and oxygen atoms in total. The van der Waals surface area contributed by atoms with Crippen molar-refractivity contribution in [2.24, 2.45) is 0 Å². The lowest BCUT2D eigenvalue weighted by atomic mass is 9.34.